The molecule has 8 nitrogen and oxygen atoms in total. The lowest BCUT2D eigenvalue weighted by Crippen LogP contribution is -2.21. The first-order chi connectivity index (χ1) is 9.31. The Morgan fingerprint density at radius 1 is 1.42 bits per heavy atom. The number of hydrazone groups is 1. The van der Waals surface area contributed by atoms with Gasteiger partial charge in [-0.2, -0.15) is 10.3 Å². The number of carbonyl (C=O) groups excluding carboxylic acids is 1. The molecule has 0 saturated carbocycles. The van der Waals surface area contributed by atoms with Crippen LogP contribution in [0.2, 0.25) is 0 Å². The van der Waals surface area contributed by atoms with E-state index in [2.05, 4.69) is 31.2 Å². The van der Waals surface area contributed by atoms with Crippen LogP contribution in [0.1, 0.15) is 12.7 Å². The van der Waals surface area contributed by atoms with Crippen LogP contribution in [0, 0.1) is 0 Å². The average molecular weight is 260 g/mol. The highest BCUT2D eigenvalue weighted by Gasteiger charge is 2.20. The van der Waals surface area contributed by atoms with Gasteiger partial charge in [0.25, 0.3) is 0 Å². The smallest absolute Gasteiger partial charge is 0.362 e. The third-order valence-corrected chi connectivity index (χ3v) is 2.10. The monoisotopic (exact) mass is 260 g/mol. The lowest BCUT2D eigenvalue weighted by Gasteiger charge is -2.03. The standard InChI is InChI=1S/C11H12N6O2/c1-2-19-11(18)9(10-14-16-17-15-10)13-12-8-6-4-3-5-7-8/h3-7,12H,2H2,1H3,(H,14,15,16,17). The highest BCUT2D eigenvalue weighted by molar-refractivity contribution is 6.42. The van der Waals surface area contributed by atoms with Gasteiger partial charge >= 0.3 is 5.97 Å². The molecule has 0 aliphatic rings. The second kappa shape index (κ2) is 6.24. The number of aromatic nitrogens is 4. The molecule has 98 valence electrons. The molecule has 0 bridgehead atoms. The molecule has 8 heteroatoms. The molecule has 0 atom stereocenters. The number of aromatic amines is 1. The van der Waals surface area contributed by atoms with Crippen molar-refractivity contribution in [1.29, 1.82) is 0 Å². The van der Waals surface area contributed by atoms with Crippen LogP contribution < -0.4 is 5.43 Å². The topological polar surface area (TPSA) is 105 Å². The van der Waals surface area contributed by atoms with E-state index in [1.165, 1.54) is 0 Å². The number of para-hydroxylation sites is 1. The van der Waals surface area contributed by atoms with Gasteiger partial charge in [0.15, 0.2) is 0 Å². The number of rotatable bonds is 5. The van der Waals surface area contributed by atoms with Gasteiger partial charge in [-0.3, -0.25) is 5.43 Å². The summed E-state index contributed by atoms with van der Waals surface area (Å²) in [4.78, 5) is 11.7. The summed E-state index contributed by atoms with van der Waals surface area (Å²) >= 11 is 0. The highest BCUT2D eigenvalue weighted by atomic mass is 16.5. The van der Waals surface area contributed by atoms with Gasteiger partial charge in [-0.15, -0.1) is 10.2 Å². The number of anilines is 1. The summed E-state index contributed by atoms with van der Waals surface area (Å²) in [6.45, 7) is 1.94. The molecule has 1 aromatic carbocycles. The van der Waals surface area contributed by atoms with Crippen molar-refractivity contribution in [3.8, 4) is 0 Å². The predicted octanol–water partition coefficient (Wildman–Crippen LogP) is 0.579. The van der Waals surface area contributed by atoms with Crippen LogP contribution in [0.5, 0.6) is 0 Å². The number of ether oxygens (including phenoxy) is 1. The Morgan fingerprint density at radius 2 is 2.21 bits per heavy atom. The fraction of sp³-hybridized carbons (Fsp3) is 0.182. The second-order valence-electron chi connectivity index (χ2n) is 3.39. The first-order valence-corrected chi connectivity index (χ1v) is 5.61. The summed E-state index contributed by atoms with van der Waals surface area (Å²) in [7, 11) is 0. The molecule has 0 saturated heterocycles. The molecular weight excluding hydrogens is 248 g/mol. The fourth-order valence-corrected chi connectivity index (χ4v) is 1.28. The Hall–Kier alpha value is -2.77. The number of nitrogens with one attached hydrogen (secondary N) is 2. The minimum Gasteiger partial charge on any atom is -0.461 e. The number of tetrazole rings is 1. The SMILES string of the molecule is CCOC(=O)C(=NNc1ccccc1)c1nn[nH]n1. The van der Waals surface area contributed by atoms with Crippen LogP contribution in [0.25, 0.3) is 0 Å². The molecule has 2 aromatic rings. The van der Waals surface area contributed by atoms with Gasteiger partial charge in [-0.25, -0.2) is 4.79 Å². The maximum Gasteiger partial charge on any atom is 0.362 e. The third-order valence-electron chi connectivity index (χ3n) is 2.10. The minimum atomic E-state index is -0.618. The summed E-state index contributed by atoms with van der Waals surface area (Å²) in [5.41, 5.74) is 3.43. The number of hydrogen-bond acceptors (Lipinski definition) is 7. The first kappa shape index (κ1) is 12.7. The Balaban J connectivity index is 2.20. The van der Waals surface area contributed by atoms with E-state index in [9.17, 15) is 4.79 Å². The average Bonchev–Trinajstić information content (AvgIpc) is 2.94. The zero-order valence-electron chi connectivity index (χ0n) is 10.2. The van der Waals surface area contributed by atoms with E-state index >= 15 is 0 Å². The third kappa shape index (κ3) is 3.35. The Kier molecular flexibility index (Phi) is 4.17. The van der Waals surface area contributed by atoms with Crippen LogP contribution in [-0.4, -0.2) is 38.9 Å². The number of hydrogen-bond donors (Lipinski definition) is 2. The van der Waals surface area contributed by atoms with Crippen LogP contribution >= 0.6 is 0 Å². The highest BCUT2D eigenvalue weighted by Crippen LogP contribution is 2.05. The van der Waals surface area contributed by atoms with Gasteiger partial charge in [0.05, 0.1) is 12.3 Å². The lowest BCUT2D eigenvalue weighted by atomic mass is 10.3. The molecule has 0 spiro atoms. The zero-order valence-corrected chi connectivity index (χ0v) is 10.2. The van der Waals surface area contributed by atoms with E-state index in [4.69, 9.17) is 4.74 Å². The van der Waals surface area contributed by atoms with Crippen molar-refractivity contribution in [2.24, 2.45) is 5.10 Å². The second-order valence-corrected chi connectivity index (χ2v) is 3.39. The van der Waals surface area contributed by atoms with Crippen LogP contribution in [0.15, 0.2) is 35.4 Å². The Labute approximate surface area is 108 Å². The first-order valence-electron chi connectivity index (χ1n) is 5.61. The molecule has 2 N–H and O–H groups in total. The van der Waals surface area contributed by atoms with Gasteiger partial charge < -0.3 is 4.74 Å². The van der Waals surface area contributed by atoms with Crippen molar-refractivity contribution in [3.05, 3.63) is 36.2 Å². The van der Waals surface area contributed by atoms with E-state index in [1.54, 1.807) is 6.92 Å². The molecule has 0 fully saturated rings. The van der Waals surface area contributed by atoms with Crippen molar-refractivity contribution in [1.82, 2.24) is 20.6 Å². The van der Waals surface area contributed by atoms with E-state index in [0.717, 1.165) is 5.69 Å². The largest absolute Gasteiger partial charge is 0.461 e. The molecule has 0 unspecified atom stereocenters. The molecule has 1 heterocycles. The fourth-order valence-electron chi connectivity index (χ4n) is 1.28. The molecule has 0 aliphatic heterocycles. The summed E-state index contributed by atoms with van der Waals surface area (Å²) in [5.74, 6) is -0.547. The van der Waals surface area contributed by atoms with Crippen LogP contribution in [-0.2, 0) is 9.53 Å². The number of nitrogens with zero attached hydrogens (tertiary/aromatic N) is 4. The molecule has 2 rings (SSSR count). The summed E-state index contributed by atoms with van der Waals surface area (Å²) in [5, 5.41) is 17.0. The van der Waals surface area contributed by atoms with Crippen molar-refractivity contribution in [2.45, 2.75) is 6.92 Å². The van der Waals surface area contributed by atoms with Crippen molar-refractivity contribution < 1.29 is 9.53 Å². The maximum absolute atomic E-state index is 11.7. The van der Waals surface area contributed by atoms with Crippen LogP contribution in [0.3, 0.4) is 0 Å². The number of benzene rings is 1. The van der Waals surface area contributed by atoms with Gasteiger partial charge in [-0.1, -0.05) is 18.2 Å². The van der Waals surface area contributed by atoms with Gasteiger partial charge in [0.2, 0.25) is 11.5 Å². The lowest BCUT2D eigenvalue weighted by molar-refractivity contribution is -0.134. The van der Waals surface area contributed by atoms with E-state index in [0.29, 0.717) is 0 Å². The Morgan fingerprint density at radius 3 is 2.84 bits per heavy atom. The summed E-state index contributed by atoms with van der Waals surface area (Å²) < 4.78 is 4.88. The molecular formula is C11H12N6O2. The van der Waals surface area contributed by atoms with E-state index in [-0.39, 0.29) is 18.1 Å². The van der Waals surface area contributed by atoms with Crippen molar-refractivity contribution >= 4 is 17.4 Å². The quantitative estimate of drug-likeness (QED) is 0.463. The van der Waals surface area contributed by atoms with Gasteiger partial charge in [-0.05, 0) is 24.3 Å². The van der Waals surface area contributed by atoms with E-state index in [1.807, 2.05) is 30.3 Å². The molecule has 19 heavy (non-hydrogen) atoms. The Bertz CT molecular complexity index is 552. The number of carbonyl (C=O) groups is 1. The number of H-pyrrole nitrogens is 1. The van der Waals surface area contributed by atoms with Gasteiger partial charge in [0, 0.05) is 0 Å². The summed E-state index contributed by atoms with van der Waals surface area (Å²) in [6, 6.07) is 9.18. The number of esters is 1. The molecule has 0 radical (unpaired) electrons. The summed E-state index contributed by atoms with van der Waals surface area (Å²) in [6.07, 6.45) is 0. The molecule has 0 aliphatic carbocycles. The van der Waals surface area contributed by atoms with Crippen molar-refractivity contribution in [2.75, 3.05) is 12.0 Å². The van der Waals surface area contributed by atoms with E-state index < -0.39 is 5.97 Å². The van der Waals surface area contributed by atoms with Crippen molar-refractivity contribution in [3.63, 3.8) is 0 Å². The van der Waals surface area contributed by atoms with Crippen LogP contribution in [0.4, 0.5) is 5.69 Å². The molecule has 0 amide bonds. The predicted molar refractivity (Wildman–Crippen MR) is 67.4 cm³/mol. The zero-order chi connectivity index (χ0) is 13.5. The molecule has 1 aromatic heterocycles. The van der Waals surface area contributed by atoms with Gasteiger partial charge in [0.1, 0.15) is 0 Å². The minimum absolute atomic E-state index is 0.0422. The normalized spacial score (nSPS) is 11.1. The maximum atomic E-state index is 11.7.